The smallest absolute Gasteiger partial charge is 0.319 e. The molecule has 0 aliphatic heterocycles. The minimum Gasteiger partial charge on any atom is -0.337 e. The van der Waals surface area contributed by atoms with Crippen LogP contribution in [-0.4, -0.2) is 28.3 Å². The predicted molar refractivity (Wildman–Crippen MR) is 123 cm³/mol. The molecule has 0 atom stereocenters. The molecular weight excluding hydrogens is 410 g/mol. The highest BCUT2D eigenvalue weighted by molar-refractivity contribution is 7.12. The van der Waals surface area contributed by atoms with Crippen molar-refractivity contribution >= 4 is 34.6 Å². The van der Waals surface area contributed by atoms with Crippen LogP contribution in [0.5, 0.6) is 0 Å². The first-order chi connectivity index (χ1) is 15.2. The molecule has 8 heteroatoms. The van der Waals surface area contributed by atoms with Crippen molar-refractivity contribution in [2.45, 2.75) is 6.42 Å². The molecule has 4 aromatic rings. The van der Waals surface area contributed by atoms with E-state index in [9.17, 15) is 9.59 Å². The lowest BCUT2D eigenvalue weighted by Gasteiger charge is -2.09. The van der Waals surface area contributed by atoms with Crippen molar-refractivity contribution in [3.8, 4) is 5.69 Å². The Morgan fingerprint density at radius 1 is 0.903 bits per heavy atom. The SMILES string of the molecule is O=C(NCCc1ccn(-c2ccccc2)n1)Nc1cccc(NC(=O)c2cccs2)c1. The number of anilines is 2. The van der Waals surface area contributed by atoms with Crippen LogP contribution in [0.15, 0.2) is 84.4 Å². The van der Waals surface area contributed by atoms with Gasteiger partial charge in [0.2, 0.25) is 0 Å². The summed E-state index contributed by atoms with van der Waals surface area (Å²) in [4.78, 5) is 25.0. The third-order valence-electron chi connectivity index (χ3n) is 4.46. The Hall–Kier alpha value is -3.91. The van der Waals surface area contributed by atoms with Crippen LogP contribution in [0.2, 0.25) is 0 Å². The van der Waals surface area contributed by atoms with Gasteiger partial charge in [-0.1, -0.05) is 30.3 Å². The third-order valence-corrected chi connectivity index (χ3v) is 5.32. The molecule has 0 bridgehead atoms. The lowest BCUT2D eigenvalue weighted by molar-refractivity contribution is 0.103. The summed E-state index contributed by atoms with van der Waals surface area (Å²) in [6, 6.07) is 22.1. The van der Waals surface area contributed by atoms with E-state index in [1.807, 2.05) is 58.7 Å². The third kappa shape index (κ3) is 5.58. The van der Waals surface area contributed by atoms with Crippen LogP contribution in [0.25, 0.3) is 5.69 Å². The number of urea groups is 1. The van der Waals surface area contributed by atoms with Crippen LogP contribution >= 0.6 is 11.3 Å². The van der Waals surface area contributed by atoms with Gasteiger partial charge < -0.3 is 16.0 Å². The highest BCUT2D eigenvalue weighted by Gasteiger charge is 2.08. The minimum atomic E-state index is -0.316. The Labute approximate surface area is 183 Å². The second-order valence-corrected chi connectivity index (χ2v) is 7.68. The van der Waals surface area contributed by atoms with Gasteiger partial charge in [0.25, 0.3) is 5.91 Å². The molecule has 156 valence electrons. The Kier molecular flexibility index (Phi) is 6.39. The molecule has 4 rings (SSSR count). The molecular formula is C23H21N5O2S. The Balaban J connectivity index is 1.26. The van der Waals surface area contributed by atoms with Crippen molar-refractivity contribution < 1.29 is 9.59 Å². The number of carbonyl (C=O) groups is 2. The molecule has 2 heterocycles. The van der Waals surface area contributed by atoms with Gasteiger partial charge in [0.15, 0.2) is 0 Å². The van der Waals surface area contributed by atoms with Gasteiger partial charge in [-0.2, -0.15) is 5.10 Å². The molecule has 2 aromatic heterocycles. The van der Waals surface area contributed by atoms with Gasteiger partial charge >= 0.3 is 6.03 Å². The average molecular weight is 432 g/mol. The molecule has 3 N–H and O–H groups in total. The molecule has 7 nitrogen and oxygen atoms in total. The average Bonchev–Trinajstić information content (AvgIpc) is 3.47. The summed E-state index contributed by atoms with van der Waals surface area (Å²) in [7, 11) is 0. The van der Waals surface area contributed by atoms with Crippen LogP contribution in [0, 0.1) is 0 Å². The fraction of sp³-hybridized carbons (Fsp3) is 0.0870. The fourth-order valence-electron chi connectivity index (χ4n) is 2.97. The maximum atomic E-state index is 12.2. The second kappa shape index (κ2) is 9.73. The van der Waals surface area contributed by atoms with E-state index in [0.717, 1.165) is 11.4 Å². The van der Waals surface area contributed by atoms with E-state index in [1.54, 1.807) is 30.3 Å². The number of hydrogen-bond donors (Lipinski definition) is 3. The van der Waals surface area contributed by atoms with Crippen molar-refractivity contribution in [3.63, 3.8) is 0 Å². The number of carbonyl (C=O) groups excluding carboxylic acids is 2. The Bertz CT molecular complexity index is 1160. The first kappa shape index (κ1) is 20.4. The summed E-state index contributed by atoms with van der Waals surface area (Å²) in [6.45, 7) is 0.451. The molecule has 0 fully saturated rings. The summed E-state index contributed by atoms with van der Waals surface area (Å²) in [5.41, 5.74) is 3.09. The van der Waals surface area contributed by atoms with Crippen molar-refractivity contribution in [2.24, 2.45) is 0 Å². The lowest BCUT2D eigenvalue weighted by Crippen LogP contribution is -2.30. The Morgan fingerprint density at radius 2 is 1.71 bits per heavy atom. The zero-order valence-electron chi connectivity index (χ0n) is 16.6. The van der Waals surface area contributed by atoms with Gasteiger partial charge in [0, 0.05) is 30.5 Å². The highest BCUT2D eigenvalue weighted by Crippen LogP contribution is 2.17. The molecule has 0 spiro atoms. The molecule has 0 saturated carbocycles. The van der Waals surface area contributed by atoms with E-state index in [4.69, 9.17) is 0 Å². The van der Waals surface area contributed by atoms with E-state index >= 15 is 0 Å². The number of nitrogens with one attached hydrogen (secondary N) is 3. The Morgan fingerprint density at radius 3 is 2.48 bits per heavy atom. The van der Waals surface area contributed by atoms with Crippen molar-refractivity contribution in [1.29, 1.82) is 0 Å². The predicted octanol–water partition coefficient (Wildman–Crippen LogP) is 4.55. The molecule has 0 saturated heterocycles. The highest BCUT2D eigenvalue weighted by atomic mass is 32.1. The van der Waals surface area contributed by atoms with E-state index < -0.39 is 0 Å². The van der Waals surface area contributed by atoms with Gasteiger partial charge in [-0.25, -0.2) is 9.48 Å². The molecule has 3 amide bonds. The van der Waals surface area contributed by atoms with Crippen LogP contribution in [0.3, 0.4) is 0 Å². The summed E-state index contributed by atoms with van der Waals surface area (Å²) < 4.78 is 1.81. The number of thiophene rings is 1. The largest absolute Gasteiger partial charge is 0.337 e. The van der Waals surface area contributed by atoms with E-state index in [-0.39, 0.29) is 11.9 Å². The summed E-state index contributed by atoms with van der Waals surface area (Å²) in [6.07, 6.45) is 2.52. The zero-order chi connectivity index (χ0) is 21.5. The fourth-order valence-corrected chi connectivity index (χ4v) is 3.59. The molecule has 0 unspecified atom stereocenters. The number of para-hydroxylation sites is 1. The number of benzene rings is 2. The monoisotopic (exact) mass is 431 g/mol. The lowest BCUT2D eigenvalue weighted by atomic mass is 10.2. The maximum absolute atomic E-state index is 12.2. The molecule has 0 aliphatic rings. The standard InChI is InChI=1S/C23H21N5O2S/c29-22(21-10-5-15-31-21)25-18-6-4-7-19(16-18)26-23(30)24-13-11-17-12-14-28(27-17)20-8-2-1-3-9-20/h1-10,12,14-16H,11,13H2,(H,25,29)(H2,24,26,30). The number of nitrogens with zero attached hydrogens (tertiary/aromatic N) is 2. The zero-order valence-corrected chi connectivity index (χ0v) is 17.4. The van der Waals surface area contributed by atoms with Gasteiger partial charge in [-0.05, 0) is 47.8 Å². The van der Waals surface area contributed by atoms with Gasteiger partial charge in [-0.15, -0.1) is 11.3 Å². The molecule has 31 heavy (non-hydrogen) atoms. The summed E-state index contributed by atoms with van der Waals surface area (Å²) >= 11 is 1.37. The van der Waals surface area contributed by atoms with E-state index in [1.165, 1.54) is 11.3 Å². The minimum absolute atomic E-state index is 0.174. The number of amides is 3. The number of rotatable bonds is 7. The summed E-state index contributed by atoms with van der Waals surface area (Å²) in [5.74, 6) is -0.174. The van der Waals surface area contributed by atoms with Gasteiger partial charge in [-0.3, -0.25) is 4.79 Å². The maximum Gasteiger partial charge on any atom is 0.319 e. The van der Waals surface area contributed by atoms with Gasteiger partial charge in [0.1, 0.15) is 0 Å². The van der Waals surface area contributed by atoms with Crippen LogP contribution in [0.4, 0.5) is 16.2 Å². The first-order valence-electron chi connectivity index (χ1n) is 9.77. The van der Waals surface area contributed by atoms with Crippen LogP contribution < -0.4 is 16.0 Å². The van der Waals surface area contributed by atoms with Crippen molar-refractivity contribution in [2.75, 3.05) is 17.2 Å². The number of hydrogen-bond acceptors (Lipinski definition) is 4. The quantitative estimate of drug-likeness (QED) is 0.401. The second-order valence-electron chi connectivity index (χ2n) is 6.73. The van der Waals surface area contributed by atoms with Gasteiger partial charge in [0.05, 0.1) is 16.3 Å². The summed E-state index contributed by atoms with van der Waals surface area (Å²) in [5, 5.41) is 14.8. The van der Waals surface area contributed by atoms with Crippen LogP contribution in [-0.2, 0) is 6.42 Å². The van der Waals surface area contributed by atoms with E-state index in [0.29, 0.717) is 29.2 Å². The molecule has 2 aromatic carbocycles. The topological polar surface area (TPSA) is 88.1 Å². The normalized spacial score (nSPS) is 10.5. The molecule has 0 radical (unpaired) electrons. The first-order valence-corrected chi connectivity index (χ1v) is 10.6. The number of aromatic nitrogens is 2. The van der Waals surface area contributed by atoms with E-state index in [2.05, 4.69) is 21.0 Å². The van der Waals surface area contributed by atoms with Crippen molar-refractivity contribution in [1.82, 2.24) is 15.1 Å². The molecule has 0 aliphatic carbocycles. The van der Waals surface area contributed by atoms with Crippen LogP contribution in [0.1, 0.15) is 15.4 Å². The van der Waals surface area contributed by atoms with Crippen molar-refractivity contribution in [3.05, 3.63) is 94.9 Å².